The molecule has 1 fully saturated rings. The molecule has 13 heavy (non-hydrogen) atoms. The fraction of sp³-hybridized carbons (Fsp3) is 0.571. The zero-order valence-corrected chi connectivity index (χ0v) is 9.15. The quantitative estimate of drug-likeness (QED) is 0.901. The van der Waals surface area contributed by atoms with Crippen LogP contribution in [-0.2, 0) is 0 Å². The zero-order valence-electron chi connectivity index (χ0n) is 6.75. The van der Waals surface area contributed by atoms with Crippen molar-refractivity contribution in [2.75, 3.05) is 11.9 Å². The molecule has 0 aromatic carbocycles. The normalized spacial score (nSPS) is 17.8. The van der Waals surface area contributed by atoms with E-state index in [1.165, 1.54) is 11.3 Å². The van der Waals surface area contributed by atoms with Crippen LogP contribution in [-0.4, -0.2) is 16.7 Å². The average Bonchev–Trinajstić information content (AvgIpc) is 2.81. The molecule has 0 saturated heterocycles. The van der Waals surface area contributed by atoms with Crippen LogP contribution in [0.25, 0.3) is 0 Å². The van der Waals surface area contributed by atoms with E-state index in [2.05, 4.69) is 37.5 Å². The highest BCUT2D eigenvalue weighted by Gasteiger charge is 2.43. The summed E-state index contributed by atoms with van der Waals surface area (Å²) in [5, 5.41) is 20.4. The maximum absolute atomic E-state index is 8.81. The number of nitrogens with one attached hydrogen (secondary N) is 1. The van der Waals surface area contributed by atoms with Crippen molar-refractivity contribution >= 4 is 32.4 Å². The van der Waals surface area contributed by atoms with Crippen LogP contribution in [0.4, 0.5) is 5.13 Å². The first-order valence-corrected chi connectivity index (χ1v) is 5.49. The van der Waals surface area contributed by atoms with Gasteiger partial charge in [-0.2, -0.15) is 5.26 Å². The van der Waals surface area contributed by atoms with Crippen molar-refractivity contribution in [3.8, 4) is 6.07 Å². The molecule has 0 atom stereocenters. The van der Waals surface area contributed by atoms with E-state index < -0.39 is 0 Å². The number of hydrogen-bond acceptors (Lipinski definition) is 5. The van der Waals surface area contributed by atoms with Gasteiger partial charge in [-0.1, -0.05) is 11.3 Å². The molecule has 0 amide bonds. The molecule has 0 spiro atoms. The minimum absolute atomic E-state index is 0.127. The highest BCUT2D eigenvalue weighted by atomic mass is 79.9. The van der Waals surface area contributed by atoms with Crippen molar-refractivity contribution in [3.05, 3.63) is 3.92 Å². The lowest BCUT2D eigenvalue weighted by Crippen LogP contribution is -2.13. The van der Waals surface area contributed by atoms with E-state index in [1.54, 1.807) is 0 Å². The van der Waals surface area contributed by atoms with Gasteiger partial charge in [-0.15, -0.1) is 10.2 Å². The Bertz CT molecular complexity index is 352. The van der Waals surface area contributed by atoms with Crippen LogP contribution in [0.1, 0.15) is 12.8 Å². The summed E-state index contributed by atoms with van der Waals surface area (Å²) in [4.78, 5) is 0. The van der Waals surface area contributed by atoms with Gasteiger partial charge in [0.2, 0.25) is 5.13 Å². The average molecular weight is 259 g/mol. The van der Waals surface area contributed by atoms with Crippen LogP contribution in [0, 0.1) is 16.7 Å². The fourth-order valence-electron chi connectivity index (χ4n) is 1.00. The Kier molecular flexibility index (Phi) is 2.22. The number of aromatic nitrogens is 2. The molecule has 68 valence electrons. The number of rotatable bonds is 3. The first-order valence-electron chi connectivity index (χ1n) is 3.88. The van der Waals surface area contributed by atoms with Gasteiger partial charge in [0.25, 0.3) is 0 Å². The standard InChI is InChI=1S/C7H7BrN4S/c8-5-11-12-6(13-5)10-4-7(3-9)1-2-7/h1-2,4H2,(H,10,12). The molecule has 1 N–H and O–H groups in total. The topological polar surface area (TPSA) is 61.6 Å². The molecule has 0 unspecified atom stereocenters. The SMILES string of the molecule is N#CC1(CNc2nnc(Br)s2)CC1. The van der Waals surface area contributed by atoms with E-state index >= 15 is 0 Å². The fourth-order valence-corrected chi connectivity index (χ4v) is 2.01. The zero-order chi connectivity index (χ0) is 9.31. The molecule has 1 aliphatic rings. The minimum Gasteiger partial charge on any atom is -0.358 e. The smallest absolute Gasteiger partial charge is 0.206 e. The molecular formula is C7H7BrN4S. The van der Waals surface area contributed by atoms with Crippen molar-refractivity contribution in [2.45, 2.75) is 12.8 Å². The van der Waals surface area contributed by atoms with Crippen molar-refractivity contribution in [1.29, 1.82) is 5.26 Å². The number of nitrogens with zero attached hydrogens (tertiary/aromatic N) is 3. The molecule has 0 bridgehead atoms. The number of halogens is 1. The van der Waals surface area contributed by atoms with Gasteiger partial charge in [0, 0.05) is 6.54 Å². The summed E-state index contributed by atoms with van der Waals surface area (Å²) in [5.41, 5.74) is -0.127. The Morgan fingerprint density at radius 3 is 2.85 bits per heavy atom. The predicted molar refractivity (Wildman–Crippen MR) is 53.4 cm³/mol. The molecule has 0 radical (unpaired) electrons. The minimum atomic E-state index is -0.127. The monoisotopic (exact) mass is 258 g/mol. The van der Waals surface area contributed by atoms with Crippen LogP contribution in [0.15, 0.2) is 3.92 Å². The van der Waals surface area contributed by atoms with Crippen molar-refractivity contribution in [3.63, 3.8) is 0 Å². The van der Waals surface area contributed by atoms with Gasteiger partial charge in [0.1, 0.15) is 0 Å². The molecule has 1 aromatic rings. The number of hydrogen-bond donors (Lipinski definition) is 1. The second kappa shape index (κ2) is 3.24. The van der Waals surface area contributed by atoms with Gasteiger partial charge < -0.3 is 5.32 Å². The third-order valence-corrected chi connectivity index (χ3v) is 3.38. The maximum atomic E-state index is 8.81. The van der Waals surface area contributed by atoms with E-state index in [0.29, 0.717) is 6.54 Å². The van der Waals surface area contributed by atoms with Gasteiger partial charge in [-0.05, 0) is 28.8 Å². The largest absolute Gasteiger partial charge is 0.358 e. The van der Waals surface area contributed by atoms with Gasteiger partial charge in [0.15, 0.2) is 3.92 Å². The lowest BCUT2D eigenvalue weighted by molar-refractivity contribution is 0.709. The van der Waals surface area contributed by atoms with E-state index in [4.69, 9.17) is 5.26 Å². The highest BCUT2D eigenvalue weighted by Crippen LogP contribution is 2.44. The van der Waals surface area contributed by atoms with E-state index in [9.17, 15) is 0 Å². The third kappa shape index (κ3) is 1.98. The Labute approximate surface area is 88.1 Å². The molecule has 2 rings (SSSR count). The van der Waals surface area contributed by atoms with Crippen molar-refractivity contribution in [2.24, 2.45) is 5.41 Å². The van der Waals surface area contributed by atoms with Gasteiger partial charge in [-0.25, -0.2) is 0 Å². The Morgan fingerprint density at radius 2 is 2.38 bits per heavy atom. The summed E-state index contributed by atoms with van der Waals surface area (Å²) >= 11 is 4.67. The summed E-state index contributed by atoms with van der Waals surface area (Å²) in [7, 11) is 0. The maximum Gasteiger partial charge on any atom is 0.206 e. The second-order valence-electron chi connectivity index (χ2n) is 3.11. The highest BCUT2D eigenvalue weighted by molar-refractivity contribution is 9.11. The molecule has 0 aliphatic heterocycles. The van der Waals surface area contributed by atoms with Crippen molar-refractivity contribution in [1.82, 2.24) is 10.2 Å². The summed E-state index contributed by atoms with van der Waals surface area (Å²) in [6.07, 6.45) is 1.99. The van der Waals surface area contributed by atoms with Crippen LogP contribution < -0.4 is 5.32 Å². The molecule has 1 aliphatic carbocycles. The first kappa shape index (κ1) is 8.91. The third-order valence-electron chi connectivity index (χ3n) is 2.07. The molecule has 1 heterocycles. The number of nitriles is 1. The molecule has 6 heteroatoms. The molecule has 1 aromatic heterocycles. The van der Waals surface area contributed by atoms with E-state index in [0.717, 1.165) is 21.9 Å². The van der Waals surface area contributed by atoms with Crippen LogP contribution >= 0.6 is 27.3 Å². The van der Waals surface area contributed by atoms with Crippen molar-refractivity contribution < 1.29 is 0 Å². The lowest BCUT2D eigenvalue weighted by atomic mass is 10.1. The Hall–Kier alpha value is -0.670. The summed E-state index contributed by atoms with van der Waals surface area (Å²) < 4.78 is 0.761. The van der Waals surface area contributed by atoms with Gasteiger partial charge in [0.05, 0.1) is 11.5 Å². The Morgan fingerprint density at radius 1 is 1.62 bits per heavy atom. The molecular weight excluding hydrogens is 252 g/mol. The second-order valence-corrected chi connectivity index (χ2v) is 5.36. The van der Waals surface area contributed by atoms with E-state index in [-0.39, 0.29) is 5.41 Å². The van der Waals surface area contributed by atoms with Gasteiger partial charge >= 0.3 is 0 Å². The number of anilines is 1. The first-order chi connectivity index (χ1) is 6.24. The summed E-state index contributed by atoms with van der Waals surface area (Å²) in [6.45, 7) is 0.686. The Balaban J connectivity index is 1.90. The summed E-state index contributed by atoms with van der Waals surface area (Å²) in [6, 6.07) is 2.31. The molecule has 4 nitrogen and oxygen atoms in total. The lowest BCUT2D eigenvalue weighted by Gasteiger charge is -2.04. The molecule has 1 saturated carbocycles. The van der Waals surface area contributed by atoms with Crippen LogP contribution in [0.2, 0.25) is 0 Å². The summed E-state index contributed by atoms with van der Waals surface area (Å²) in [5.74, 6) is 0. The van der Waals surface area contributed by atoms with Gasteiger partial charge in [-0.3, -0.25) is 0 Å². The van der Waals surface area contributed by atoms with Crippen LogP contribution in [0.3, 0.4) is 0 Å². The van der Waals surface area contributed by atoms with E-state index in [1.807, 2.05) is 0 Å². The van der Waals surface area contributed by atoms with Crippen LogP contribution in [0.5, 0.6) is 0 Å². The predicted octanol–water partition coefficient (Wildman–Crippen LogP) is 2.02.